The van der Waals surface area contributed by atoms with Crippen LogP contribution in [0.4, 0.5) is 17.1 Å². The van der Waals surface area contributed by atoms with E-state index < -0.39 is 0 Å². The second kappa shape index (κ2) is 11.2. The fourth-order valence-corrected chi connectivity index (χ4v) is 8.42. The Kier molecular flexibility index (Phi) is 6.39. The average molecular weight is 644 g/mol. The molecule has 8 aromatic carbocycles. The first-order chi connectivity index (χ1) is 24.3. The van der Waals surface area contributed by atoms with Gasteiger partial charge in [0.2, 0.25) is 0 Å². The van der Waals surface area contributed by atoms with Gasteiger partial charge in [-0.1, -0.05) is 115 Å². The van der Waals surface area contributed by atoms with E-state index in [0.717, 1.165) is 55.5 Å². The molecule has 0 aliphatic carbocycles. The van der Waals surface area contributed by atoms with Crippen molar-refractivity contribution in [1.29, 1.82) is 0 Å². The van der Waals surface area contributed by atoms with Crippen LogP contribution in [0.1, 0.15) is 0 Å². The number of benzene rings is 8. The number of para-hydroxylation sites is 1. The Morgan fingerprint density at radius 1 is 0.408 bits per heavy atom. The molecule has 0 bridgehead atoms. The molecule has 0 spiro atoms. The molecule has 0 N–H and O–H groups in total. The summed E-state index contributed by atoms with van der Waals surface area (Å²) in [7, 11) is 0. The number of hydrogen-bond donors (Lipinski definition) is 0. The highest BCUT2D eigenvalue weighted by molar-refractivity contribution is 7.25. The topological polar surface area (TPSA) is 16.4 Å². The molecule has 0 atom stereocenters. The van der Waals surface area contributed by atoms with Crippen LogP contribution in [0.25, 0.3) is 75.1 Å². The van der Waals surface area contributed by atoms with E-state index >= 15 is 0 Å². The zero-order valence-electron chi connectivity index (χ0n) is 26.5. The molecule has 0 aliphatic heterocycles. The smallest absolute Gasteiger partial charge is 0.143 e. The van der Waals surface area contributed by atoms with Gasteiger partial charge in [-0.25, -0.2) is 0 Å². The molecule has 0 saturated carbocycles. The first-order valence-electron chi connectivity index (χ1n) is 16.6. The van der Waals surface area contributed by atoms with Crippen LogP contribution in [0.5, 0.6) is 0 Å². The van der Waals surface area contributed by atoms with E-state index in [1.165, 1.54) is 36.7 Å². The molecule has 2 heterocycles. The molecular weight excluding hydrogens is 615 g/mol. The molecule has 2 aromatic heterocycles. The van der Waals surface area contributed by atoms with Gasteiger partial charge in [0.25, 0.3) is 0 Å². The van der Waals surface area contributed by atoms with Crippen LogP contribution in [0.3, 0.4) is 0 Å². The lowest BCUT2D eigenvalue weighted by Crippen LogP contribution is -2.10. The van der Waals surface area contributed by atoms with Crippen molar-refractivity contribution in [3.8, 4) is 22.3 Å². The summed E-state index contributed by atoms with van der Waals surface area (Å²) in [4.78, 5) is 2.38. The van der Waals surface area contributed by atoms with Gasteiger partial charge in [-0.05, 0) is 88.3 Å². The van der Waals surface area contributed by atoms with Gasteiger partial charge in [0.1, 0.15) is 11.2 Å². The van der Waals surface area contributed by atoms with Crippen molar-refractivity contribution in [2.75, 3.05) is 4.90 Å². The summed E-state index contributed by atoms with van der Waals surface area (Å²) >= 11 is 1.85. The minimum Gasteiger partial charge on any atom is -0.455 e. The van der Waals surface area contributed by atoms with Crippen LogP contribution >= 0.6 is 11.3 Å². The zero-order valence-corrected chi connectivity index (χ0v) is 27.3. The van der Waals surface area contributed by atoms with Gasteiger partial charge in [-0.2, -0.15) is 0 Å². The van der Waals surface area contributed by atoms with Gasteiger partial charge < -0.3 is 9.32 Å². The maximum absolute atomic E-state index is 6.50. The molecule has 0 saturated heterocycles. The average Bonchev–Trinajstić information content (AvgIpc) is 3.74. The lowest BCUT2D eigenvalue weighted by atomic mass is 9.96. The largest absolute Gasteiger partial charge is 0.455 e. The highest BCUT2D eigenvalue weighted by Gasteiger charge is 2.18. The Bertz CT molecular complexity index is 2830. The van der Waals surface area contributed by atoms with Crippen LogP contribution < -0.4 is 4.90 Å². The molecule has 3 heteroatoms. The number of thiophene rings is 1. The van der Waals surface area contributed by atoms with E-state index in [-0.39, 0.29) is 0 Å². The standard InChI is InChI=1S/C46H29NOS/c1-2-10-30(11-3-1)33-13-8-14-35(28-33)47(36-25-27-44-41(29-36)39-16-5-7-19-43(39)49-44)34-23-20-31(21-24-34)37-17-9-12-32-22-26-40-38-15-4-6-18-42(38)48-46(40)45(32)37/h1-29H. The third-order valence-electron chi connectivity index (χ3n) is 9.65. The predicted octanol–water partition coefficient (Wildman–Crippen LogP) is 13.9. The van der Waals surface area contributed by atoms with Crippen LogP contribution in [-0.2, 0) is 0 Å². The minimum atomic E-state index is 0.916. The monoisotopic (exact) mass is 643 g/mol. The van der Waals surface area contributed by atoms with E-state index in [4.69, 9.17) is 4.42 Å². The molecule has 230 valence electrons. The summed E-state index contributed by atoms with van der Waals surface area (Å²) in [6, 6.07) is 63.2. The molecular formula is C46H29NOS. The van der Waals surface area contributed by atoms with Gasteiger partial charge in [-0.3, -0.25) is 0 Å². The molecule has 0 amide bonds. The minimum absolute atomic E-state index is 0.916. The SMILES string of the molecule is c1ccc(-c2cccc(N(c3ccc(-c4cccc5ccc6c7ccccc7oc6c45)cc3)c3ccc4sc5ccccc5c4c3)c2)cc1. The maximum Gasteiger partial charge on any atom is 0.143 e. The van der Waals surface area contributed by atoms with Crippen molar-refractivity contribution in [2.24, 2.45) is 0 Å². The fraction of sp³-hybridized carbons (Fsp3) is 0. The maximum atomic E-state index is 6.50. The Balaban J connectivity index is 1.14. The van der Waals surface area contributed by atoms with Gasteiger partial charge in [0, 0.05) is 53.4 Å². The molecule has 10 rings (SSSR count). The number of rotatable bonds is 5. The van der Waals surface area contributed by atoms with E-state index in [9.17, 15) is 0 Å². The molecule has 49 heavy (non-hydrogen) atoms. The van der Waals surface area contributed by atoms with Crippen molar-refractivity contribution in [1.82, 2.24) is 0 Å². The Morgan fingerprint density at radius 2 is 1.12 bits per heavy atom. The molecule has 0 radical (unpaired) electrons. The predicted molar refractivity (Wildman–Crippen MR) is 210 cm³/mol. The van der Waals surface area contributed by atoms with Crippen molar-refractivity contribution < 1.29 is 4.42 Å². The summed E-state index contributed by atoms with van der Waals surface area (Å²) in [5.74, 6) is 0. The number of furan rings is 1. The zero-order chi connectivity index (χ0) is 32.3. The summed E-state index contributed by atoms with van der Waals surface area (Å²) in [6.07, 6.45) is 0. The lowest BCUT2D eigenvalue weighted by molar-refractivity contribution is 0.673. The summed E-state index contributed by atoms with van der Waals surface area (Å²) in [6.45, 7) is 0. The van der Waals surface area contributed by atoms with Crippen LogP contribution in [0.15, 0.2) is 180 Å². The number of fused-ring (bicyclic) bond motifs is 8. The second-order valence-electron chi connectivity index (χ2n) is 12.5. The summed E-state index contributed by atoms with van der Waals surface area (Å²) < 4.78 is 9.11. The van der Waals surface area contributed by atoms with Crippen LogP contribution in [0, 0.1) is 0 Å². The third-order valence-corrected chi connectivity index (χ3v) is 10.8. The highest BCUT2D eigenvalue weighted by atomic mass is 32.1. The quantitative estimate of drug-likeness (QED) is 0.186. The van der Waals surface area contributed by atoms with E-state index in [1.54, 1.807) is 0 Å². The molecule has 2 nitrogen and oxygen atoms in total. The van der Waals surface area contributed by atoms with Gasteiger partial charge >= 0.3 is 0 Å². The van der Waals surface area contributed by atoms with Gasteiger partial charge in [0.15, 0.2) is 0 Å². The number of nitrogens with zero attached hydrogens (tertiary/aromatic N) is 1. The second-order valence-corrected chi connectivity index (χ2v) is 13.6. The Labute approximate surface area is 287 Å². The molecule has 0 unspecified atom stereocenters. The van der Waals surface area contributed by atoms with Crippen LogP contribution in [-0.4, -0.2) is 0 Å². The molecule has 0 aliphatic rings. The third kappa shape index (κ3) is 4.62. The van der Waals surface area contributed by atoms with Gasteiger partial charge in [0.05, 0.1) is 0 Å². The van der Waals surface area contributed by atoms with Gasteiger partial charge in [-0.15, -0.1) is 11.3 Å². The molecule has 0 fully saturated rings. The highest BCUT2D eigenvalue weighted by Crippen LogP contribution is 2.43. The Morgan fingerprint density at radius 3 is 2.02 bits per heavy atom. The molecule has 10 aromatic rings. The lowest BCUT2D eigenvalue weighted by Gasteiger charge is -2.26. The first-order valence-corrected chi connectivity index (χ1v) is 17.4. The van der Waals surface area contributed by atoms with Crippen LogP contribution in [0.2, 0.25) is 0 Å². The van der Waals surface area contributed by atoms with Crippen molar-refractivity contribution in [3.63, 3.8) is 0 Å². The van der Waals surface area contributed by atoms with Crippen molar-refractivity contribution in [2.45, 2.75) is 0 Å². The summed E-state index contributed by atoms with van der Waals surface area (Å²) in [5, 5.41) is 7.19. The van der Waals surface area contributed by atoms with Crippen molar-refractivity contribution in [3.05, 3.63) is 176 Å². The summed E-state index contributed by atoms with van der Waals surface area (Å²) in [5.41, 5.74) is 9.90. The number of anilines is 3. The number of hydrogen-bond acceptors (Lipinski definition) is 3. The van der Waals surface area contributed by atoms with E-state index in [0.29, 0.717) is 0 Å². The fourth-order valence-electron chi connectivity index (χ4n) is 7.34. The van der Waals surface area contributed by atoms with E-state index in [2.05, 4.69) is 175 Å². The van der Waals surface area contributed by atoms with Crippen molar-refractivity contribution >= 4 is 81.3 Å². The Hall–Kier alpha value is -6.16. The first kappa shape index (κ1) is 27.9. The normalized spacial score (nSPS) is 11.7. The van der Waals surface area contributed by atoms with E-state index in [1.807, 2.05) is 17.4 Å².